The molecule has 0 saturated heterocycles. The van der Waals surface area contributed by atoms with Crippen molar-refractivity contribution in [2.24, 2.45) is 0 Å². The Labute approximate surface area is 262 Å². The number of unbranched alkanes of at least 4 members (excludes halogenated alkanes) is 2. The van der Waals surface area contributed by atoms with Crippen LogP contribution in [0.2, 0.25) is 0 Å². The van der Waals surface area contributed by atoms with Crippen molar-refractivity contribution in [2.45, 2.75) is 50.6 Å². The number of rotatable bonds is 24. The fourth-order valence-corrected chi connectivity index (χ4v) is 4.57. The summed E-state index contributed by atoms with van der Waals surface area (Å²) in [7, 11) is 0. The Hall–Kier alpha value is -5.10. The highest BCUT2D eigenvalue weighted by molar-refractivity contribution is 6.07. The number of hydrogen-bond acceptors (Lipinski definition) is 10. The lowest BCUT2D eigenvalue weighted by Crippen LogP contribution is -2.46. The molecule has 0 fully saturated rings. The van der Waals surface area contributed by atoms with Crippen LogP contribution in [0.5, 0.6) is 0 Å². The normalized spacial score (nSPS) is 12.2. The molecule has 0 aliphatic rings. The van der Waals surface area contributed by atoms with Crippen LogP contribution in [0.25, 0.3) is 0 Å². The number of nitrogens with one attached hydrogen (secondary N) is 2. The van der Waals surface area contributed by atoms with E-state index in [2.05, 4.69) is 10.6 Å². The number of benzene rings is 1. The van der Waals surface area contributed by atoms with Gasteiger partial charge < -0.3 is 41.3 Å². The van der Waals surface area contributed by atoms with E-state index in [4.69, 9.17) is 20.4 Å². The second-order valence-corrected chi connectivity index (χ2v) is 10.1. The summed E-state index contributed by atoms with van der Waals surface area (Å²) in [6, 6.07) is 3.17. The summed E-state index contributed by atoms with van der Waals surface area (Å²) in [6.45, 7) is -2.96. The lowest BCUT2D eigenvalue weighted by Gasteiger charge is -2.25. The van der Waals surface area contributed by atoms with E-state index in [0.717, 1.165) is 9.80 Å². The highest BCUT2D eigenvalue weighted by Gasteiger charge is 2.30. The van der Waals surface area contributed by atoms with E-state index in [1.54, 1.807) is 0 Å². The summed E-state index contributed by atoms with van der Waals surface area (Å²) in [5.74, 6) is -9.49. The maximum atomic E-state index is 12.8. The van der Waals surface area contributed by atoms with E-state index in [9.17, 15) is 48.6 Å². The number of carboxylic acid groups (broad SMARTS) is 6. The molecule has 254 valence electrons. The lowest BCUT2D eigenvalue weighted by molar-refractivity contribution is -0.152. The first-order valence-corrected chi connectivity index (χ1v) is 14.1. The van der Waals surface area contributed by atoms with Crippen molar-refractivity contribution in [1.82, 2.24) is 20.4 Å². The number of nitrogens with zero attached hydrogens (tertiary/aromatic N) is 2. The summed E-state index contributed by atoms with van der Waals surface area (Å²) in [6.07, 6.45) is 0.811. The third-order valence-electron chi connectivity index (χ3n) is 6.60. The van der Waals surface area contributed by atoms with Crippen LogP contribution in [-0.2, 0) is 28.8 Å². The Morgan fingerprint density at radius 2 is 0.826 bits per heavy atom. The predicted octanol–water partition coefficient (Wildman–Crippen LogP) is -0.664. The number of carbonyl (C=O) groups excluding carboxylic acids is 2. The van der Waals surface area contributed by atoms with Gasteiger partial charge in [-0.3, -0.25) is 48.2 Å². The molecule has 0 aliphatic heterocycles. The molecule has 0 radical (unpaired) electrons. The van der Waals surface area contributed by atoms with Gasteiger partial charge in [-0.1, -0.05) is 12.1 Å². The molecular formula is C28H38N4O14. The van der Waals surface area contributed by atoms with Crippen LogP contribution in [-0.4, -0.2) is 139 Å². The van der Waals surface area contributed by atoms with Crippen LogP contribution < -0.4 is 10.6 Å². The number of hydrogen-bond donors (Lipinski definition) is 8. The molecule has 18 heteroatoms. The second-order valence-electron chi connectivity index (χ2n) is 10.1. The van der Waals surface area contributed by atoms with Gasteiger partial charge in [0.25, 0.3) is 11.8 Å². The van der Waals surface area contributed by atoms with Crippen molar-refractivity contribution < 1.29 is 69.0 Å². The fourth-order valence-electron chi connectivity index (χ4n) is 4.57. The van der Waals surface area contributed by atoms with Crippen LogP contribution in [0.15, 0.2) is 24.3 Å². The molecule has 2 unspecified atom stereocenters. The summed E-state index contributed by atoms with van der Waals surface area (Å²) in [5.41, 5.74) is 0.0860. The van der Waals surface area contributed by atoms with Gasteiger partial charge in [-0.15, -0.1) is 0 Å². The van der Waals surface area contributed by atoms with Crippen molar-refractivity contribution in [2.75, 3.05) is 39.3 Å². The van der Waals surface area contributed by atoms with Gasteiger partial charge >= 0.3 is 35.8 Å². The standard InChI is InChI=1S/C28H38N4O14/c33-21(34)13-31(14-22(35)36)19(27(43)44)9-3-5-11-29-25(41)17-7-1-2-8-18(17)26(42)30-12-6-4-10-20(28(45)46)32(15-23(37)38)16-24(39)40/h1-2,7-8,19-20H,3-6,9-16H2,(H,29,41)(H,30,42)(H,33,34)(H,35,36)(H,37,38)(H,39,40)(H,43,44)(H,45,46). The van der Waals surface area contributed by atoms with Crippen LogP contribution in [0.1, 0.15) is 59.2 Å². The van der Waals surface area contributed by atoms with Crippen LogP contribution in [0, 0.1) is 0 Å². The molecular weight excluding hydrogens is 616 g/mol. The molecule has 46 heavy (non-hydrogen) atoms. The molecule has 0 saturated carbocycles. The van der Waals surface area contributed by atoms with E-state index in [1.807, 2.05) is 0 Å². The molecule has 1 aromatic carbocycles. The van der Waals surface area contributed by atoms with Crippen LogP contribution in [0.3, 0.4) is 0 Å². The molecule has 1 aromatic rings. The minimum absolute atomic E-state index is 0.0430. The van der Waals surface area contributed by atoms with Crippen molar-refractivity contribution in [1.29, 1.82) is 0 Å². The number of aliphatic carboxylic acids is 6. The molecule has 0 aromatic heterocycles. The number of carbonyl (C=O) groups is 8. The largest absolute Gasteiger partial charge is 0.480 e. The van der Waals surface area contributed by atoms with E-state index in [-0.39, 0.29) is 62.7 Å². The molecule has 0 bridgehead atoms. The summed E-state index contributed by atoms with van der Waals surface area (Å²) in [4.78, 5) is 94.6. The minimum atomic E-state index is -1.38. The van der Waals surface area contributed by atoms with Crippen LogP contribution >= 0.6 is 0 Å². The first kappa shape index (κ1) is 38.9. The maximum absolute atomic E-state index is 12.8. The van der Waals surface area contributed by atoms with Crippen molar-refractivity contribution >= 4 is 47.6 Å². The Morgan fingerprint density at radius 1 is 0.522 bits per heavy atom. The lowest BCUT2D eigenvalue weighted by atomic mass is 10.0. The average Bonchev–Trinajstić information content (AvgIpc) is 2.94. The Kier molecular flexibility index (Phi) is 17.0. The third-order valence-corrected chi connectivity index (χ3v) is 6.60. The molecule has 2 amide bonds. The summed E-state index contributed by atoms with van der Waals surface area (Å²) < 4.78 is 0. The highest BCUT2D eigenvalue weighted by atomic mass is 16.4. The molecule has 2 atom stereocenters. The zero-order valence-electron chi connectivity index (χ0n) is 24.8. The van der Waals surface area contributed by atoms with Crippen molar-refractivity contribution in [3.8, 4) is 0 Å². The van der Waals surface area contributed by atoms with Gasteiger partial charge in [0.05, 0.1) is 37.3 Å². The summed E-state index contributed by atoms with van der Waals surface area (Å²) >= 11 is 0. The number of carboxylic acids is 6. The van der Waals surface area contributed by atoms with Crippen LogP contribution in [0.4, 0.5) is 0 Å². The number of amides is 2. The third kappa shape index (κ3) is 14.6. The van der Waals surface area contributed by atoms with E-state index in [1.165, 1.54) is 24.3 Å². The molecule has 0 aliphatic carbocycles. The quantitative estimate of drug-likeness (QED) is 0.0642. The smallest absolute Gasteiger partial charge is 0.320 e. The van der Waals surface area contributed by atoms with Gasteiger partial charge in [0.1, 0.15) is 12.1 Å². The molecule has 0 heterocycles. The zero-order valence-corrected chi connectivity index (χ0v) is 24.8. The van der Waals surface area contributed by atoms with Gasteiger partial charge in [-0.05, 0) is 50.7 Å². The Bertz CT molecular complexity index is 1140. The molecule has 18 nitrogen and oxygen atoms in total. The first-order chi connectivity index (χ1) is 21.6. The van der Waals surface area contributed by atoms with Gasteiger partial charge in [0.2, 0.25) is 0 Å². The predicted molar refractivity (Wildman–Crippen MR) is 155 cm³/mol. The van der Waals surface area contributed by atoms with E-state index < -0.39 is 85.9 Å². The van der Waals surface area contributed by atoms with Gasteiger partial charge in [0.15, 0.2) is 0 Å². The first-order valence-electron chi connectivity index (χ1n) is 14.1. The van der Waals surface area contributed by atoms with Gasteiger partial charge in [-0.2, -0.15) is 0 Å². The average molecular weight is 655 g/mol. The van der Waals surface area contributed by atoms with E-state index in [0.29, 0.717) is 0 Å². The van der Waals surface area contributed by atoms with Crippen molar-refractivity contribution in [3.05, 3.63) is 35.4 Å². The van der Waals surface area contributed by atoms with Gasteiger partial charge in [0, 0.05) is 13.1 Å². The Balaban J connectivity index is 2.65. The highest BCUT2D eigenvalue weighted by Crippen LogP contribution is 2.13. The molecule has 1 rings (SSSR count). The van der Waals surface area contributed by atoms with Crippen molar-refractivity contribution in [3.63, 3.8) is 0 Å². The SMILES string of the molecule is O=C(O)CN(CC(=O)O)C(CCCCNC(=O)c1ccccc1C(=O)NCCCCC(C(=O)O)N(CC(=O)O)CC(=O)O)C(=O)O. The Morgan fingerprint density at radius 3 is 1.09 bits per heavy atom. The second kappa shape index (κ2) is 20.0. The van der Waals surface area contributed by atoms with E-state index >= 15 is 0 Å². The summed E-state index contributed by atoms with van der Waals surface area (Å²) in [5, 5.41) is 60.1. The zero-order chi connectivity index (χ0) is 34.8. The minimum Gasteiger partial charge on any atom is -0.480 e. The van der Waals surface area contributed by atoms with Gasteiger partial charge in [-0.25, -0.2) is 0 Å². The molecule has 8 N–H and O–H groups in total. The molecule has 0 spiro atoms. The fraction of sp³-hybridized carbons (Fsp3) is 0.500. The monoisotopic (exact) mass is 654 g/mol. The topological polar surface area (TPSA) is 288 Å². The maximum Gasteiger partial charge on any atom is 0.320 e.